The highest BCUT2D eigenvalue weighted by Gasteiger charge is 2.23. The molecule has 0 aliphatic heterocycles. The van der Waals surface area contributed by atoms with Crippen molar-refractivity contribution in [1.82, 2.24) is 0 Å². The summed E-state index contributed by atoms with van der Waals surface area (Å²) in [6, 6.07) is 0. The molecule has 2 heteroatoms. The Morgan fingerprint density at radius 3 is 2.54 bits per heavy atom. The molecule has 1 rings (SSSR count). The lowest BCUT2D eigenvalue weighted by Gasteiger charge is -2.10. The van der Waals surface area contributed by atoms with Crippen LogP contribution in [-0.2, 0) is 9.59 Å². The highest BCUT2D eigenvalue weighted by Crippen LogP contribution is 2.19. The molecule has 1 saturated carbocycles. The summed E-state index contributed by atoms with van der Waals surface area (Å²) in [5.41, 5.74) is 0. The first-order chi connectivity index (χ1) is 6.25. The SMILES string of the molecule is CCC1CCCCCCC(=O)C1=O. The van der Waals surface area contributed by atoms with Crippen LogP contribution in [-0.4, -0.2) is 11.6 Å². The van der Waals surface area contributed by atoms with E-state index in [4.69, 9.17) is 0 Å². The summed E-state index contributed by atoms with van der Waals surface area (Å²) < 4.78 is 0. The van der Waals surface area contributed by atoms with Crippen molar-refractivity contribution in [3.63, 3.8) is 0 Å². The molecule has 0 radical (unpaired) electrons. The molecular weight excluding hydrogens is 164 g/mol. The number of ketones is 2. The second-order valence-corrected chi connectivity index (χ2v) is 3.85. The van der Waals surface area contributed by atoms with Crippen LogP contribution in [0.3, 0.4) is 0 Å². The van der Waals surface area contributed by atoms with Crippen molar-refractivity contribution in [2.45, 2.75) is 51.9 Å². The molecule has 0 saturated heterocycles. The van der Waals surface area contributed by atoms with Crippen molar-refractivity contribution in [3.05, 3.63) is 0 Å². The first-order valence-corrected chi connectivity index (χ1v) is 5.32. The van der Waals surface area contributed by atoms with Gasteiger partial charge in [0.1, 0.15) is 0 Å². The molecule has 2 nitrogen and oxygen atoms in total. The molecule has 1 fully saturated rings. The smallest absolute Gasteiger partial charge is 0.201 e. The van der Waals surface area contributed by atoms with Crippen LogP contribution in [0.15, 0.2) is 0 Å². The third-order valence-corrected chi connectivity index (χ3v) is 2.84. The van der Waals surface area contributed by atoms with Crippen molar-refractivity contribution in [2.75, 3.05) is 0 Å². The van der Waals surface area contributed by atoms with Crippen LogP contribution in [0, 0.1) is 5.92 Å². The molecule has 1 atom stereocenters. The van der Waals surface area contributed by atoms with Crippen molar-refractivity contribution in [3.8, 4) is 0 Å². The van der Waals surface area contributed by atoms with E-state index >= 15 is 0 Å². The summed E-state index contributed by atoms with van der Waals surface area (Å²) in [5, 5.41) is 0. The Balaban J connectivity index is 2.60. The van der Waals surface area contributed by atoms with E-state index in [2.05, 4.69) is 0 Å². The van der Waals surface area contributed by atoms with Crippen molar-refractivity contribution >= 4 is 11.6 Å². The summed E-state index contributed by atoms with van der Waals surface area (Å²) in [6.45, 7) is 1.99. The number of carbonyl (C=O) groups is 2. The van der Waals surface area contributed by atoms with Crippen LogP contribution in [0.25, 0.3) is 0 Å². The minimum absolute atomic E-state index is 0.0191. The van der Waals surface area contributed by atoms with Gasteiger partial charge in [0.05, 0.1) is 0 Å². The van der Waals surface area contributed by atoms with Crippen LogP contribution >= 0.6 is 0 Å². The molecule has 74 valence electrons. The fraction of sp³-hybridized carbons (Fsp3) is 0.818. The van der Waals surface area contributed by atoms with Crippen molar-refractivity contribution in [1.29, 1.82) is 0 Å². The molecule has 0 aromatic rings. The number of carbonyl (C=O) groups excluding carboxylic acids is 2. The van der Waals surface area contributed by atoms with Gasteiger partial charge in [-0.1, -0.05) is 26.2 Å². The van der Waals surface area contributed by atoms with Crippen molar-refractivity contribution in [2.24, 2.45) is 5.92 Å². The van der Waals surface area contributed by atoms with Gasteiger partial charge in [0, 0.05) is 12.3 Å². The van der Waals surface area contributed by atoms with Crippen LogP contribution in [0.4, 0.5) is 0 Å². The van der Waals surface area contributed by atoms with Gasteiger partial charge in [0.25, 0.3) is 0 Å². The van der Waals surface area contributed by atoms with Gasteiger partial charge in [-0.2, -0.15) is 0 Å². The van der Waals surface area contributed by atoms with Gasteiger partial charge in [-0.25, -0.2) is 0 Å². The number of hydrogen-bond donors (Lipinski definition) is 0. The van der Waals surface area contributed by atoms with Gasteiger partial charge < -0.3 is 0 Å². The first-order valence-electron chi connectivity index (χ1n) is 5.32. The van der Waals surface area contributed by atoms with E-state index in [0.29, 0.717) is 6.42 Å². The Kier molecular flexibility index (Phi) is 4.13. The second kappa shape index (κ2) is 5.15. The van der Waals surface area contributed by atoms with Gasteiger partial charge in [0.2, 0.25) is 5.78 Å². The summed E-state index contributed by atoms with van der Waals surface area (Å²) in [4.78, 5) is 22.9. The molecule has 0 N–H and O–H groups in total. The summed E-state index contributed by atoms with van der Waals surface area (Å²) in [6.07, 6.45) is 6.52. The molecule has 0 amide bonds. The Morgan fingerprint density at radius 2 is 1.85 bits per heavy atom. The van der Waals surface area contributed by atoms with E-state index in [1.54, 1.807) is 0 Å². The van der Waals surface area contributed by atoms with Gasteiger partial charge >= 0.3 is 0 Å². The number of hydrogen-bond acceptors (Lipinski definition) is 2. The lowest BCUT2D eigenvalue weighted by Crippen LogP contribution is -2.22. The lowest BCUT2D eigenvalue weighted by atomic mass is 9.93. The molecule has 0 spiro atoms. The van der Waals surface area contributed by atoms with E-state index in [1.807, 2.05) is 6.92 Å². The molecule has 0 aromatic heterocycles. The van der Waals surface area contributed by atoms with Gasteiger partial charge in [-0.15, -0.1) is 0 Å². The molecular formula is C11H18O2. The highest BCUT2D eigenvalue weighted by molar-refractivity contribution is 6.37. The van der Waals surface area contributed by atoms with E-state index in [1.165, 1.54) is 6.42 Å². The molecule has 13 heavy (non-hydrogen) atoms. The molecule has 0 heterocycles. The quantitative estimate of drug-likeness (QED) is 0.584. The first kappa shape index (κ1) is 10.4. The van der Waals surface area contributed by atoms with Gasteiger partial charge in [-0.05, 0) is 19.3 Å². The zero-order valence-corrected chi connectivity index (χ0v) is 8.34. The maximum atomic E-state index is 11.5. The van der Waals surface area contributed by atoms with Crippen LogP contribution < -0.4 is 0 Å². The van der Waals surface area contributed by atoms with E-state index in [0.717, 1.165) is 32.1 Å². The maximum Gasteiger partial charge on any atom is 0.201 e. The molecule has 1 aliphatic rings. The monoisotopic (exact) mass is 182 g/mol. The van der Waals surface area contributed by atoms with Gasteiger partial charge in [-0.3, -0.25) is 9.59 Å². The minimum Gasteiger partial charge on any atom is -0.291 e. The zero-order valence-electron chi connectivity index (χ0n) is 8.34. The molecule has 0 bridgehead atoms. The number of rotatable bonds is 1. The van der Waals surface area contributed by atoms with Crippen LogP contribution in [0.1, 0.15) is 51.9 Å². The molecule has 1 aliphatic carbocycles. The maximum absolute atomic E-state index is 11.5. The fourth-order valence-corrected chi connectivity index (χ4v) is 1.90. The highest BCUT2D eigenvalue weighted by atomic mass is 16.2. The van der Waals surface area contributed by atoms with Gasteiger partial charge in [0.15, 0.2) is 5.78 Å². The van der Waals surface area contributed by atoms with Crippen LogP contribution in [0.5, 0.6) is 0 Å². The third kappa shape index (κ3) is 2.94. The van der Waals surface area contributed by atoms with E-state index in [9.17, 15) is 9.59 Å². The Hall–Kier alpha value is -0.660. The number of Topliss-reactive ketones (excluding diaryl/α,β-unsaturated/α-hetero) is 2. The van der Waals surface area contributed by atoms with E-state index in [-0.39, 0.29) is 17.5 Å². The lowest BCUT2D eigenvalue weighted by molar-refractivity contribution is -0.139. The largest absolute Gasteiger partial charge is 0.291 e. The zero-order chi connectivity index (χ0) is 9.68. The second-order valence-electron chi connectivity index (χ2n) is 3.85. The third-order valence-electron chi connectivity index (χ3n) is 2.84. The normalized spacial score (nSPS) is 26.4. The van der Waals surface area contributed by atoms with E-state index < -0.39 is 0 Å². The topological polar surface area (TPSA) is 34.1 Å². The fourth-order valence-electron chi connectivity index (χ4n) is 1.90. The predicted molar refractivity (Wildman–Crippen MR) is 51.5 cm³/mol. The molecule has 1 unspecified atom stereocenters. The summed E-state index contributed by atoms with van der Waals surface area (Å²) >= 11 is 0. The average molecular weight is 182 g/mol. The molecule has 0 aromatic carbocycles. The Bertz CT molecular complexity index is 196. The van der Waals surface area contributed by atoms with Crippen LogP contribution in [0.2, 0.25) is 0 Å². The summed E-state index contributed by atoms with van der Waals surface area (Å²) in [7, 11) is 0. The average Bonchev–Trinajstić information content (AvgIpc) is 2.21. The predicted octanol–water partition coefficient (Wildman–Crippen LogP) is 2.51. The minimum atomic E-state index is -0.131. The van der Waals surface area contributed by atoms with Crippen molar-refractivity contribution < 1.29 is 9.59 Å². The Morgan fingerprint density at radius 1 is 1.15 bits per heavy atom. The Labute approximate surface area is 79.7 Å². The summed E-state index contributed by atoms with van der Waals surface area (Å²) in [5.74, 6) is -0.219. The standard InChI is InChI=1S/C11H18O2/c1-2-9-7-5-3-4-6-8-10(12)11(9)13/h9H,2-8H2,1H3.